The molecule has 0 unspecified atom stereocenters. The molecule has 108 valence electrons. The van der Waals surface area contributed by atoms with Crippen LogP contribution in [0.3, 0.4) is 0 Å². The zero-order chi connectivity index (χ0) is 15.3. The van der Waals surface area contributed by atoms with Gasteiger partial charge in [0.2, 0.25) is 0 Å². The summed E-state index contributed by atoms with van der Waals surface area (Å²) in [5.74, 6) is -3.26. The number of hydrogen-bond acceptors (Lipinski definition) is 2. The van der Waals surface area contributed by atoms with E-state index in [0.717, 1.165) is 4.52 Å². The first kappa shape index (κ1) is 14.4. The van der Waals surface area contributed by atoms with Gasteiger partial charge in [-0.25, -0.2) is 22.7 Å². The normalized spacial score (nSPS) is 11.3. The molecule has 0 N–H and O–H groups in total. The van der Waals surface area contributed by atoms with E-state index in [1.807, 2.05) is 0 Å². The van der Waals surface area contributed by atoms with Gasteiger partial charge in [0.15, 0.2) is 10.8 Å². The molecule has 2 aromatic heterocycles. The molecule has 3 aromatic rings. The number of aromatic nitrogens is 3. The van der Waals surface area contributed by atoms with Crippen molar-refractivity contribution in [1.29, 1.82) is 0 Å². The summed E-state index contributed by atoms with van der Waals surface area (Å²) in [5.41, 5.74) is -0.480. The van der Waals surface area contributed by atoms with E-state index >= 15 is 0 Å². The molecule has 0 saturated heterocycles. The molecular weight excluding hydrogens is 350 g/mol. The standard InChI is InChI=1S/C12H3Cl3F3N3/c13-9-11(15)20-21-3-5(10(14)19-12(9)21)8-6(17)1-4(16)2-7(8)18/h1-3H. The van der Waals surface area contributed by atoms with Gasteiger partial charge in [0.25, 0.3) is 0 Å². The average Bonchev–Trinajstić information content (AvgIpc) is 2.65. The highest BCUT2D eigenvalue weighted by Gasteiger charge is 2.20. The first-order valence-corrected chi connectivity index (χ1v) is 6.56. The predicted octanol–water partition coefficient (Wildman–Crippen LogP) is 4.77. The molecule has 2 heterocycles. The lowest BCUT2D eigenvalue weighted by atomic mass is 10.1. The maximum absolute atomic E-state index is 13.8. The number of fused-ring (bicyclic) bond motifs is 1. The molecule has 0 radical (unpaired) electrons. The molecule has 0 atom stereocenters. The Balaban J connectivity index is 2.33. The largest absolute Gasteiger partial charge is 0.219 e. The van der Waals surface area contributed by atoms with Crippen molar-refractivity contribution >= 4 is 40.4 Å². The number of nitrogens with zero attached hydrogens (tertiary/aromatic N) is 3. The van der Waals surface area contributed by atoms with Crippen LogP contribution in [-0.4, -0.2) is 14.6 Å². The second-order valence-electron chi connectivity index (χ2n) is 4.06. The number of rotatable bonds is 1. The Morgan fingerprint density at radius 3 is 2.19 bits per heavy atom. The Kier molecular flexibility index (Phi) is 3.47. The predicted molar refractivity (Wildman–Crippen MR) is 73.3 cm³/mol. The van der Waals surface area contributed by atoms with Crippen molar-refractivity contribution < 1.29 is 13.2 Å². The van der Waals surface area contributed by atoms with E-state index in [1.165, 1.54) is 6.20 Å². The highest BCUT2D eigenvalue weighted by molar-refractivity contribution is 6.43. The zero-order valence-corrected chi connectivity index (χ0v) is 12.1. The van der Waals surface area contributed by atoms with Gasteiger partial charge in [-0.3, -0.25) is 0 Å². The maximum Gasteiger partial charge on any atom is 0.176 e. The smallest absolute Gasteiger partial charge is 0.176 e. The van der Waals surface area contributed by atoms with Gasteiger partial charge in [0.1, 0.15) is 27.6 Å². The van der Waals surface area contributed by atoms with Crippen LogP contribution in [0.15, 0.2) is 18.3 Å². The molecule has 21 heavy (non-hydrogen) atoms. The summed E-state index contributed by atoms with van der Waals surface area (Å²) >= 11 is 17.5. The fourth-order valence-electron chi connectivity index (χ4n) is 1.86. The van der Waals surface area contributed by atoms with Crippen LogP contribution in [0.5, 0.6) is 0 Å². The van der Waals surface area contributed by atoms with E-state index in [9.17, 15) is 13.2 Å². The highest BCUT2D eigenvalue weighted by atomic mass is 35.5. The number of halogens is 6. The molecule has 0 fully saturated rings. The Morgan fingerprint density at radius 2 is 1.57 bits per heavy atom. The minimum Gasteiger partial charge on any atom is -0.219 e. The van der Waals surface area contributed by atoms with Crippen LogP contribution in [0.2, 0.25) is 15.3 Å². The van der Waals surface area contributed by atoms with Crippen LogP contribution >= 0.6 is 34.8 Å². The third-order valence-electron chi connectivity index (χ3n) is 2.74. The van der Waals surface area contributed by atoms with E-state index in [2.05, 4.69) is 10.1 Å². The van der Waals surface area contributed by atoms with Crippen molar-refractivity contribution in [1.82, 2.24) is 14.6 Å². The zero-order valence-electron chi connectivity index (χ0n) is 9.84. The number of hydrogen-bond donors (Lipinski definition) is 0. The van der Waals surface area contributed by atoms with Crippen molar-refractivity contribution in [2.75, 3.05) is 0 Å². The van der Waals surface area contributed by atoms with Crippen molar-refractivity contribution in [2.45, 2.75) is 0 Å². The Hall–Kier alpha value is -1.50. The molecule has 0 saturated carbocycles. The average molecular weight is 353 g/mol. The van der Waals surface area contributed by atoms with Gasteiger partial charge < -0.3 is 0 Å². The molecule has 0 amide bonds. The first-order chi connectivity index (χ1) is 9.88. The van der Waals surface area contributed by atoms with E-state index in [4.69, 9.17) is 34.8 Å². The highest BCUT2D eigenvalue weighted by Crippen LogP contribution is 2.34. The van der Waals surface area contributed by atoms with Gasteiger partial charge in [-0.2, -0.15) is 5.10 Å². The van der Waals surface area contributed by atoms with Crippen LogP contribution < -0.4 is 0 Å². The molecule has 0 aliphatic heterocycles. The SMILES string of the molecule is Fc1cc(F)c(-c2cn3nc(Cl)c(Cl)c3nc2Cl)c(F)c1. The Labute approximate surface area is 130 Å². The summed E-state index contributed by atoms with van der Waals surface area (Å²) in [6.45, 7) is 0. The summed E-state index contributed by atoms with van der Waals surface area (Å²) in [6.07, 6.45) is 1.21. The molecule has 0 bridgehead atoms. The Morgan fingerprint density at radius 1 is 0.952 bits per heavy atom. The fourth-order valence-corrected chi connectivity index (χ4v) is 2.42. The third-order valence-corrected chi connectivity index (χ3v) is 3.74. The van der Waals surface area contributed by atoms with Gasteiger partial charge in [0, 0.05) is 23.9 Å². The molecule has 0 aliphatic carbocycles. The molecule has 0 aliphatic rings. The lowest BCUT2D eigenvalue weighted by molar-refractivity contribution is 0.548. The van der Waals surface area contributed by atoms with E-state index in [1.54, 1.807) is 0 Å². The van der Waals surface area contributed by atoms with Gasteiger partial charge in [-0.15, -0.1) is 0 Å². The molecule has 3 nitrogen and oxygen atoms in total. The molecular formula is C12H3Cl3F3N3. The van der Waals surface area contributed by atoms with Crippen LogP contribution in [0.1, 0.15) is 0 Å². The van der Waals surface area contributed by atoms with Gasteiger partial charge in [-0.1, -0.05) is 34.8 Å². The number of benzene rings is 1. The fraction of sp³-hybridized carbons (Fsp3) is 0. The third kappa shape index (κ3) is 2.33. The summed E-state index contributed by atoms with van der Waals surface area (Å²) in [7, 11) is 0. The van der Waals surface area contributed by atoms with Crippen LogP contribution in [0.25, 0.3) is 16.8 Å². The second kappa shape index (κ2) is 5.05. The molecule has 9 heteroatoms. The minimum absolute atomic E-state index is 0.0302. The van der Waals surface area contributed by atoms with Crippen LogP contribution in [0.4, 0.5) is 13.2 Å². The van der Waals surface area contributed by atoms with Crippen molar-refractivity contribution in [3.8, 4) is 11.1 Å². The van der Waals surface area contributed by atoms with E-state index in [-0.39, 0.29) is 26.5 Å². The van der Waals surface area contributed by atoms with Gasteiger partial charge in [0.05, 0.1) is 5.56 Å². The minimum atomic E-state index is -1.11. The van der Waals surface area contributed by atoms with E-state index < -0.39 is 23.0 Å². The maximum atomic E-state index is 13.8. The molecule has 1 aromatic carbocycles. The molecule has 3 rings (SSSR count). The summed E-state index contributed by atoms with van der Waals surface area (Å²) < 4.78 is 41.7. The first-order valence-electron chi connectivity index (χ1n) is 5.43. The Bertz CT molecular complexity index is 856. The monoisotopic (exact) mass is 351 g/mol. The summed E-state index contributed by atoms with van der Waals surface area (Å²) in [5, 5.41) is 3.64. The summed E-state index contributed by atoms with van der Waals surface area (Å²) in [4.78, 5) is 3.90. The second-order valence-corrected chi connectivity index (χ2v) is 5.16. The van der Waals surface area contributed by atoms with Crippen molar-refractivity contribution in [3.05, 3.63) is 51.1 Å². The van der Waals surface area contributed by atoms with Crippen LogP contribution in [-0.2, 0) is 0 Å². The van der Waals surface area contributed by atoms with Crippen LogP contribution in [0, 0.1) is 17.5 Å². The van der Waals surface area contributed by atoms with Crippen molar-refractivity contribution in [2.24, 2.45) is 0 Å². The summed E-state index contributed by atoms with van der Waals surface area (Å²) in [6, 6.07) is 1.09. The lowest BCUT2D eigenvalue weighted by Crippen LogP contribution is -1.98. The van der Waals surface area contributed by atoms with Gasteiger partial charge >= 0.3 is 0 Å². The topological polar surface area (TPSA) is 30.2 Å². The van der Waals surface area contributed by atoms with Crippen molar-refractivity contribution in [3.63, 3.8) is 0 Å². The quantitative estimate of drug-likeness (QED) is 0.590. The van der Waals surface area contributed by atoms with E-state index in [0.29, 0.717) is 12.1 Å². The molecule has 0 spiro atoms. The lowest BCUT2D eigenvalue weighted by Gasteiger charge is -2.07. The van der Waals surface area contributed by atoms with Gasteiger partial charge in [-0.05, 0) is 0 Å².